The molecule has 0 aliphatic carbocycles. The van der Waals surface area contributed by atoms with Gasteiger partial charge in [-0.15, -0.1) is 0 Å². The van der Waals surface area contributed by atoms with Gasteiger partial charge in [-0.3, -0.25) is 9.59 Å². The molecule has 0 spiro atoms. The summed E-state index contributed by atoms with van der Waals surface area (Å²) in [7, 11) is 0. The largest absolute Gasteiger partial charge is 0.481 e. The zero-order valence-corrected chi connectivity index (χ0v) is 20.2. The van der Waals surface area contributed by atoms with Gasteiger partial charge in [0.25, 0.3) is 0 Å². The number of aliphatic carboxylic acids is 1. The Labute approximate surface area is 194 Å². The average molecular weight is 449 g/mol. The Morgan fingerprint density at radius 2 is 1.34 bits per heavy atom. The molecule has 0 heterocycles. The van der Waals surface area contributed by atoms with Crippen LogP contribution in [0.25, 0.3) is 0 Å². The molecule has 0 bridgehead atoms. The highest BCUT2D eigenvalue weighted by atomic mass is 16.5. The molecule has 32 heavy (non-hydrogen) atoms. The van der Waals surface area contributed by atoms with Crippen molar-refractivity contribution in [2.45, 2.75) is 123 Å². The van der Waals surface area contributed by atoms with Gasteiger partial charge in [0.05, 0.1) is 12.7 Å². The summed E-state index contributed by atoms with van der Waals surface area (Å²) in [4.78, 5) is 21.9. The predicted octanol–water partition coefficient (Wildman–Crippen LogP) is 7.07. The number of carbonyl (C=O) groups excluding carboxylic acids is 1. The number of carboxylic acids is 1. The number of hydrogen-bond donors (Lipinski definition) is 1. The third-order valence-corrected chi connectivity index (χ3v) is 5.76. The molecule has 182 valence electrons. The van der Waals surface area contributed by atoms with Crippen LogP contribution in [0, 0.1) is 0 Å². The third kappa shape index (κ3) is 16.8. The van der Waals surface area contributed by atoms with Gasteiger partial charge in [-0.2, -0.15) is 0 Å². The number of carbonyl (C=O) groups is 2. The van der Waals surface area contributed by atoms with Crippen LogP contribution in [0.5, 0.6) is 0 Å². The van der Waals surface area contributed by atoms with Crippen LogP contribution >= 0.6 is 0 Å². The minimum Gasteiger partial charge on any atom is -0.481 e. The summed E-state index contributed by atoms with van der Waals surface area (Å²) in [6.07, 6.45) is 14.5. The van der Waals surface area contributed by atoms with Crippen LogP contribution in [-0.4, -0.2) is 29.3 Å². The maximum absolute atomic E-state index is 11.2. The first-order chi connectivity index (χ1) is 15.5. The number of hydrogen-bond acceptors (Lipinski definition) is 4. The fraction of sp³-hybridized carbons (Fsp3) is 0.704. The molecule has 0 aromatic heterocycles. The number of unbranched alkanes of at least 4 members (excludes halogenated alkanes) is 8. The molecule has 1 rings (SSSR count). The van der Waals surface area contributed by atoms with E-state index < -0.39 is 5.97 Å². The summed E-state index contributed by atoms with van der Waals surface area (Å²) in [6.45, 7) is 4.29. The summed E-state index contributed by atoms with van der Waals surface area (Å²) < 4.78 is 11.3. The van der Waals surface area contributed by atoms with Gasteiger partial charge in [-0.1, -0.05) is 81.7 Å². The van der Waals surface area contributed by atoms with Crippen LogP contribution in [0.2, 0.25) is 0 Å². The maximum atomic E-state index is 11.2. The van der Waals surface area contributed by atoms with Crippen molar-refractivity contribution in [2.75, 3.05) is 0 Å². The summed E-state index contributed by atoms with van der Waals surface area (Å²) in [5, 5.41) is 8.74. The molecule has 5 nitrogen and oxygen atoms in total. The molecule has 0 radical (unpaired) electrons. The van der Waals surface area contributed by atoms with Gasteiger partial charge < -0.3 is 14.6 Å². The second kappa shape index (κ2) is 18.7. The highest BCUT2D eigenvalue weighted by molar-refractivity contribution is 5.67. The quantitative estimate of drug-likeness (QED) is 0.171. The molecule has 1 aromatic rings. The van der Waals surface area contributed by atoms with Crippen molar-refractivity contribution in [3.63, 3.8) is 0 Å². The van der Waals surface area contributed by atoms with Gasteiger partial charge in [-0.05, 0) is 44.6 Å². The Balaban J connectivity index is 1.92. The molecule has 1 N–H and O–H groups in total. The van der Waals surface area contributed by atoms with Gasteiger partial charge in [0.2, 0.25) is 0 Å². The van der Waals surface area contributed by atoms with Crippen LogP contribution in [0.3, 0.4) is 0 Å². The van der Waals surface area contributed by atoms with Crippen molar-refractivity contribution < 1.29 is 24.2 Å². The fourth-order valence-electron chi connectivity index (χ4n) is 3.92. The van der Waals surface area contributed by atoms with Crippen LogP contribution in [0.15, 0.2) is 30.3 Å². The molecule has 1 aromatic carbocycles. The van der Waals surface area contributed by atoms with Crippen LogP contribution in [-0.2, 0) is 25.7 Å². The van der Waals surface area contributed by atoms with E-state index >= 15 is 0 Å². The van der Waals surface area contributed by atoms with Crippen molar-refractivity contribution in [1.29, 1.82) is 0 Å². The summed E-state index contributed by atoms with van der Waals surface area (Å²) >= 11 is 0. The molecule has 0 fully saturated rings. The second-order valence-corrected chi connectivity index (χ2v) is 8.88. The molecule has 2 unspecified atom stereocenters. The molecule has 0 saturated carbocycles. The predicted molar refractivity (Wildman–Crippen MR) is 129 cm³/mol. The summed E-state index contributed by atoms with van der Waals surface area (Å²) in [5.74, 6) is -1.07. The average Bonchev–Trinajstić information content (AvgIpc) is 2.76. The monoisotopic (exact) mass is 448 g/mol. The van der Waals surface area contributed by atoms with Crippen molar-refractivity contribution in [3.05, 3.63) is 35.9 Å². The van der Waals surface area contributed by atoms with Crippen molar-refractivity contribution in [3.8, 4) is 0 Å². The molecule has 0 saturated heterocycles. The first-order valence-corrected chi connectivity index (χ1v) is 12.5. The third-order valence-electron chi connectivity index (χ3n) is 5.76. The van der Waals surface area contributed by atoms with Gasteiger partial charge in [-0.25, -0.2) is 0 Å². The van der Waals surface area contributed by atoms with Gasteiger partial charge >= 0.3 is 11.9 Å². The first kappa shape index (κ1) is 28.2. The zero-order valence-electron chi connectivity index (χ0n) is 20.2. The van der Waals surface area contributed by atoms with E-state index in [9.17, 15) is 9.59 Å². The highest BCUT2D eigenvalue weighted by Crippen LogP contribution is 2.17. The lowest BCUT2D eigenvalue weighted by Crippen LogP contribution is -2.16. The van der Waals surface area contributed by atoms with E-state index in [1.807, 2.05) is 18.2 Å². The maximum Gasteiger partial charge on any atom is 0.303 e. The van der Waals surface area contributed by atoms with Crippen molar-refractivity contribution >= 4 is 11.9 Å². The topological polar surface area (TPSA) is 72.8 Å². The number of benzene rings is 1. The van der Waals surface area contributed by atoms with Gasteiger partial charge in [0.1, 0.15) is 6.10 Å². The molecule has 5 heteroatoms. The van der Waals surface area contributed by atoms with E-state index in [0.29, 0.717) is 25.6 Å². The van der Waals surface area contributed by atoms with Crippen LogP contribution in [0.4, 0.5) is 0 Å². The highest BCUT2D eigenvalue weighted by Gasteiger charge is 2.12. The Bertz CT molecular complexity index is 601. The SMILES string of the molecule is CC(=O)OC(CCCCCCCCCCCC(C)OCc1ccccc1)CCCC(=O)O. The van der Waals surface area contributed by atoms with Gasteiger partial charge in [0, 0.05) is 13.3 Å². The normalized spacial score (nSPS) is 12.9. The number of ether oxygens (including phenoxy) is 2. The van der Waals surface area contributed by atoms with Gasteiger partial charge in [0.15, 0.2) is 0 Å². The van der Waals surface area contributed by atoms with Crippen LogP contribution < -0.4 is 0 Å². The molecule has 0 amide bonds. The molecular weight excluding hydrogens is 404 g/mol. The number of rotatable bonds is 20. The lowest BCUT2D eigenvalue weighted by atomic mass is 10.0. The molecule has 0 aliphatic rings. The Morgan fingerprint density at radius 3 is 1.91 bits per heavy atom. The smallest absolute Gasteiger partial charge is 0.303 e. The van der Waals surface area contributed by atoms with E-state index in [4.69, 9.17) is 14.6 Å². The van der Waals surface area contributed by atoms with Crippen LogP contribution in [0.1, 0.15) is 109 Å². The molecule has 0 aliphatic heterocycles. The van der Waals surface area contributed by atoms with E-state index in [0.717, 1.165) is 25.7 Å². The number of carboxylic acid groups (broad SMARTS) is 1. The van der Waals surface area contributed by atoms with Crippen molar-refractivity contribution in [2.24, 2.45) is 0 Å². The first-order valence-electron chi connectivity index (χ1n) is 12.5. The van der Waals surface area contributed by atoms with Crippen molar-refractivity contribution in [1.82, 2.24) is 0 Å². The van der Waals surface area contributed by atoms with E-state index in [1.54, 1.807) is 0 Å². The fourth-order valence-corrected chi connectivity index (χ4v) is 3.92. The Hall–Kier alpha value is -1.88. The van der Waals surface area contributed by atoms with E-state index in [2.05, 4.69) is 19.1 Å². The lowest BCUT2D eigenvalue weighted by molar-refractivity contribution is -0.147. The second-order valence-electron chi connectivity index (χ2n) is 8.88. The number of esters is 1. The minimum atomic E-state index is -0.794. The van der Waals surface area contributed by atoms with E-state index in [-0.39, 0.29) is 18.5 Å². The lowest BCUT2D eigenvalue weighted by Gasteiger charge is -2.16. The molecular formula is C27H44O5. The Morgan fingerprint density at radius 1 is 0.812 bits per heavy atom. The summed E-state index contributed by atoms with van der Waals surface area (Å²) in [6, 6.07) is 10.3. The van der Waals surface area contributed by atoms with E-state index in [1.165, 1.54) is 57.4 Å². The zero-order chi connectivity index (χ0) is 23.4. The standard InChI is InChI=1S/C27H44O5/c1-23(31-22-25-17-12-10-13-18-25)16-11-8-6-4-3-5-7-9-14-19-26(32-24(2)28)20-15-21-27(29)30/h10,12-13,17-18,23,26H,3-9,11,14-16,19-22H2,1-2H3,(H,29,30). The minimum absolute atomic E-state index is 0.133. The summed E-state index contributed by atoms with van der Waals surface area (Å²) in [5.41, 5.74) is 1.24. The molecule has 2 atom stereocenters. The Kier molecular flexibility index (Phi) is 16.4.